The molecule has 1 aromatic heterocycles. The van der Waals surface area contributed by atoms with Crippen molar-refractivity contribution >= 4 is 34.0 Å². The molecular weight excluding hydrogens is 362 g/mol. The third-order valence-corrected chi connectivity index (χ3v) is 4.62. The minimum absolute atomic E-state index is 0.106. The van der Waals surface area contributed by atoms with Crippen LogP contribution >= 0.6 is 11.3 Å². The molecule has 2 amide bonds. The maximum Gasteiger partial charge on any atom is 0.257 e. The summed E-state index contributed by atoms with van der Waals surface area (Å²) in [7, 11) is 1.55. The molecule has 7 heteroatoms. The highest BCUT2D eigenvalue weighted by molar-refractivity contribution is 7.14. The number of nitrogens with zero attached hydrogens (tertiary/aromatic N) is 1. The molecule has 2 N–H and O–H groups in total. The Hall–Kier alpha value is -3.19. The first-order valence-electron chi connectivity index (χ1n) is 8.30. The van der Waals surface area contributed by atoms with Crippen molar-refractivity contribution in [1.82, 2.24) is 4.98 Å². The minimum Gasteiger partial charge on any atom is -0.495 e. The summed E-state index contributed by atoms with van der Waals surface area (Å²) in [5, 5.41) is 7.78. The van der Waals surface area contributed by atoms with Gasteiger partial charge < -0.3 is 10.1 Å². The number of aryl methyl sites for hydroxylation is 1. The molecule has 3 aromatic rings. The zero-order valence-electron chi connectivity index (χ0n) is 15.0. The van der Waals surface area contributed by atoms with Crippen LogP contribution in [-0.2, 0) is 11.2 Å². The molecule has 138 valence electrons. The lowest BCUT2D eigenvalue weighted by atomic mass is 10.1. The average Bonchev–Trinajstić information content (AvgIpc) is 3.09. The van der Waals surface area contributed by atoms with E-state index in [-0.39, 0.29) is 18.2 Å². The summed E-state index contributed by atoms with van der Waals surface area (Å²) in [4.78, 5) is 28.8. The van der Waals surface area contributed by atoms with Crippen molar-refractivity contribution in [3.05, 3.63) is 70.7 Å². The number of hydrogen-bond acceptors (Lipinski definition) is 5. The van der Waals surface area contributed by atoms with Crippen LogP contribution in [0, 0.1) is 6.92 Å². The molecule has 0 saturated heterocycles. The summed E-state index contributed by atoms with van der Waals surface area (Å²) >= 11 is 1.28. The number of aromatic nitrogens is 1. The first-order chi connectivity index (χ1) is 13.0. The number of hydrogen-bond donors (Lipinski definition) is 2. The van der Waals surface area contributed by atoms with Gasteiger partial charge in [0.1, 0.15) is 5.75 Å². The van der Waals surface area contributed by atoms with Crippen molar-refractivity contribution in [3.8, 4) is 5.75 Å². The van der Waals surface area contributed by atoms with E-state index in [1.54, 1.807) is 36.8 Å². The summed E-state index contributed by atoms with van der Waals surface area (Å²) in [5.41, 5.74) is 2.84. The molecule has 6 nitrogen and oxygen atoms in total. The maximum absolute atomic E-state index is 12.2. The fourth-order valence-corrected chi connectivity index (χ4v) is 3.13. The Kier molecular flexibility index (Phi) is 5.83. The van der Waals surface area contributed by atoms with Crippen LogP contribution in [0.4, 0.5) is 10.8 Å². The number of carbonyl (C=O) groups is 2. The molecule has 27 heavy (non-hydrogen) atoms. The van der Waals surface area contributed by atoms with Crippen molar-refractivity contribution in [2.45, 2.75) is 13.3 Å². The van der Waals surface area contributed by atoms with Crippen LogP contribution in [0.5, 0.6) is 5.75 Å². The van der Waals surface area contributed by atoms with Crippen LogP contribution in [0.15, 0.2) is 53.9 Å². The van der Waals surface area contributed by atoms with Crippen LogP contribution in [0.2, 0.25) is 0 Å². The van der Waals surface area contributed by atoms with Crippen LogP contribution < -0.4 is 15.4 Å². The molecule has 0 radical (unpaired) electrons. The Morgan fingerprint density at radius 3 is 2.56 bits per heavy atom. The summed E-state index contributed by atoms with van der Waals surface area (Å²) in [6.45, 7) is 1.96. The normalized spacial score (nSPS) is 10.3. The molecule has 0 bridgehead atoms. The van der Waals surface area contributed by atoms with E-state index in [0.29, 0.717) is 27.8 Å². The Labute approximate surface area is 161 Å². The number of carbonyl (C=O) groups excluding carboxylic acids is 2. The third-order valence-electron chi connectivity index (χ3n) is 3.81. The highest BCUT2D eigenvalue weighted by atomic mass is 32.1. The molecule has 0 saturated carbocycles. The topological polar surface area (TPSA) is 80.3 Å². The number of benzene rings is 2. The van der Waals surface area contributed by atoms with Crippen molar-refractivity contribution < 1.29 is 14.3 Å². The number of para-hydroxylation sites is 2. The van der Waals surface area contributed by atoms with E-state index >= 15 is 0 Å². The number of rotatable bonds is 6. The quantitative estimate of drug-likeness (QED) is 0.679. The molecule has 0 fully saturated rings. The van der Waals surface area contributed by atoms with Crippen LogP contribution in [-0.4, -0.2) is 23.9 Å². The molecular formula is C20H19N3O3S. The standard InChI is InChI=1S/C20H19N3O3S/c1-13-7-9-14(10-8-13)19(25)23-20-21-15(12-27-20)11-18(24)22-16-5-3-4-6-17(16)26-2/h3-10,12H,11H2,1-2H3,(H,22,24)(H,21,23,25). The van der Waals surface area contributed by atoms with Crippen molar-refractivity contribution in [2.75, 3.05) is 17.7 Å². The zero-order chi connectivity index (χ0) is 19.2. The van der Waals surface area contributed by atoms with Gasteiger partial charge in [-0.25, -0.2) is 4.98 Å². The molecule has 0 atom stereocenters. The van der Waals surface area contributed by atoms with Gasteiger partial charge in [0.25, 0.3) is 5.91 Å². The first kappa shape index (κ1) is 18.6. The fourth-order valence-electron chi connectivity index (χ4n) is 2.43. The Morgan fingerprint density at radius 2 is 1.81 bits per heavy atom. The van der Waals surface area contributed by atoms with E-state index in [9.17, 15) is 9.59 Å². The van der Waals surface area contributed by atoms with E-state index in [4.69, 9.17) is 4.74 Å². The molecule has 1 heterocycles. The Balaban J connectivity index is 1.59. The minimum atomic E-state index is -0.227. The van der Waals surface area contributed by atoms with Crippen LogP contribution in [0.3, 0.4) is 0 Å². The SMILES string of the molecule is COc1ccccc1NC(=O)Cc1csc(NC(=O)c2ccc(C)cc2)n1. The highest BCUT2D eigenvalue weighted by Crippen LogP contribution is 2.23. The number of thiazole rings is 1. The van der Waals surface area contributed by atoms with E-state index in [2.05, 4.69) is 15.6 Å². The second-order valence-corrected chi connectivity index (χ2v) is 6.75. The van der Waals surface area contributed by atoms with Crippen molar-refractivity contribution in [3.63, 3.8) is 0 Å². The highest BCUT2D eigenvalue weighted by Gasteiger charge is 2.12. The van der Waals surface area contributed by atoms with E-state index in [1.807, 2.05) is 31.2 Å². The summed E-state index contributed by atoms with van der Waals surface area (Å²) in [6, 6.07) is 14.5. The summed E-state index contributed by atoms with van der Waals surface area (Å²) in [5.74, 6) is 0.158. The van der Waals surface area contributed by atoms with E-state index < -0.39 is 0 Å². The number of anilines is 2. The monoisotopic (exact) mass is 381 g/mol. The lowest BCUT2D eigenvalue weighted by Gasteiger charge is -2.09. The van der Waals surface area contributed by atoms with Crippen molar-refractivity contribution in [2.24, 2.45) is 0 Å². The molecule has 2 aromatic carbocycles. The largest absolute Gasteiger partial charge is 0.495 e. The molecule has 3 rings (SSSR count). The Bertz CT molecular complexity index is 951. The number of amides is 2. The van der Waals surface area contributed by atoms with Gasteiger partial charge in [0, 0.05) is 10.9 Å². The van der Waals surface area contributed by atoms with Gasteiger partial charge in [-0.3, -0.25) is 14.9 Å². The Morgan fingerprint density at radius 1 is 1.07 bits per heavy atom. The molecule has 0 spiro atoms. The number of ether oxygens (including phenoxy) is 1. The summed E-state index contributed by atoms with van der Waals surface area (Å²) in [6.07, 6.45) is 0.106. The van der Waals surface area contributed by atoms with Crippen LogP contribution in [0.25, 0.3) is 0 Å². The number of methoxy groups -OCH3 is 1. The van der Waals surface area contributed by atoms with Gasteiger partial charge >= 0.3 is 0 Å². The van der Waals surface area contributed by atoms with Gasteiger partial charge in [0.2, 0.25) is 5.91 Å². The fraction of sp³-hybridized carbons (Fsp3) is 0.150. The van der Waals surface area contributed by atoms with Gasteiger partial charge in [-0.2, -0.15) is 0 Å². The molecule has 0 aliphatic carbocycles. The lowest BCUT2D eigenvalue weighted by molar-refractivity contribution is -0.115. The van der Waals surface area contributed by atoms with Gasteiger partial charge in [-0.1, -0.05) is 29.8 Å². The average molecular weight is 381 g/mol. The second-order valence-electron chi connectivity index (χ2n) is 5.89. The van der Waals surface area contributed by atoms with Gasteiger partial charge in [0.05, 0.1) is 24.9 Å². The molecule has 0 unspecified atom stereocenters. The molecule has 0 aliphatic heterocycles. The van der Waals surface area contributed by atoms with E-state index in [1.165, 1.54) is 11.3 Å². The van der Waals surface area contributed by atoms with Crippen molar-refractivity contribution in [1.29, 1.82) is 0 Å². The lowest BCUT2D eigenvalue weighted by Crippen LogP contribution is -2.15. The smallest absolute Gasteiger partial charge is 0.257 e. The van der Waals surface area contributed by atoms with E-state index in [0.717, 1.165) is 5.56 Å². The zero-order valence-corrected chi connectivity index (χ0v) is 15.8. The van der Waals surface area contributed by atoms with Gasteiger partial charge in [-0.05, 0) is 31.2 Å². The molecule has 0 aliphatic rings. The first-order valence-corrected chi connectivity index (χ1v) is 9.18. The predicted molar refractivity (Wildman–Crippen MR) is 107 cm³/mol. The predicted octanol–water partition coefficient (Wildman–Crippen LogP) is 3.89. The second kappa shape index (κ2) is 8.46. The van der Waals surface area contributed by atoms with Gasteiger partial charge in [-0.15, -0.1) is 11.3 Å². The maximum atomic E-state index is 12.2. The third kappa shape index (κ3) is 4.92. The summed E-state index contributed by atoms with van der Waals surface area (Å²) < 4.78 is 5.22. The number of nitrogens with one attached hydrogen (secondary N) is 2. The van der Waals surface area contributed by atoms with Crippen LogP contribution in [0.1, 0.15) is 21.6 Å². The van der Waals surface area contributed by atoms with Gasteiger partial charge in [0.15, 0.2) is 5.13 Å².